The van der Waals surface area contributed by atoms with Gasteiger partial charge in [0.05, 0.1) is 17.4 Å². The fourth-order valence-corrected chi connectivity index (χ4v) is 3.22. The highest BCUT2D eigenvalue weighted by Crippen LogP contribution is 2.22. The number of hydrogen-bond donors (Lipinski definition) is 0. The van der Waals surface area contributed by atoms with Crippen LogP contribution in [0, 0.1) is 5.92 Å². The molecule has 3 aromatic heterocycles. The van der Waals surface area contributed by atoms with Gasteiger partial charge in [0, 0.05) is 38.1 Å². The van der Waals surface area contributed by atoms with Gasteiger partial charge in [0.2, 0.25) is 5.95 Å². The molecule has 0 aliphatic carbocycles. The number of anilines is 1. The van der Waals surface area contributed by atoms with E-state index >= 15 is 0 Å². The topological polar surface area (TPSA) is 81.7 Å². The second kappa shape index (κ2) is 7.25. The van der Waals surface area contributed by atoms with Gasteiger partial charge in [-0.25, -0.2) is 19.3 Å². The Morgan fingerprint density at radius 1 is 1.15 bits per heavy atom. The maximum absolute atomic E-state index is 12.2. The molecule has 0 atom stereocenters. The SMILES string of the molecule is O=c1ccc(-n2cccn2)nn1CC1CCN(c2ncc(Cl)cn2)CC1. The summed E-state index contributed by atoms with van der Waals surface area (Å²) < 4.78 is 3.19. The van der Waals surface area contributed by atoms with Gasteiger partial charge in [-0.3, -0.25) is 4.79 Å². The first-order valence-electron chi connectivity index (χ1n) is 8.50. The Balaban J connectivity index is 1.42. The lowest BCUT2D eigenvalue weighted by Gasteiger charge is -2.31. The molecule has 4 heterocycles. The van der Waals surface area contributed by atoms with Crippen molar-refractivity contribution in [2.45, 2.75) is 19.4 Å². The Labute approximate surface area is 155 Å². The highest BCUT2D eigenvalue weighted by Gasteiger charge is 2.22. The lowest BCUT2D eigenvalue weighted by atomic mass is 9.97. The molecule has 9 heteroatoms. The van der Waals surface area contributed by atoms with Crippen LogP contribution in [0.3, 0.4) is 0 Å². The van der Waals surface area contributed by atoms with Gasteiger partial charge in [0.15, 0.2) is 5.82 Å². The molecule has 0 N–H and O–H groups in total. The summed E-state index contributed by atoms with van der Waals surface area (Å²) >= 11 is 5.84. The Morgan fingerprint density at radius 2 is 1.92 bits per heavy atom. The van der Waals surface area contributed by atoms with E-state index < -0.39 is 0 Å². The molecule has 1 saturated heterocycles. The predicted molar refractivity (Wildman–Crippen MR) is 97.6 cm³/mol. The van der Waals surface area contributed by atoms with Gasteiger partial charge in [0.1, 0.15) is 0 Å². The molecule has 0 amide bonds. The van der Waals surface area contributed by atoms with Crippen LogP contribution in [0.25, 0.3) is 5.82 Å². The van der Waals surface area contributed by atoms with Crippen molar-refractivity contribution in [3.63, 3.8) is 0 Å². The lowest BCUT2D eigenvalue weighted by Crippen LogP contribution is -2.37. The van der Waals surface area contributed by atoms with E-state index in [4.69, 9.17) is 11.6 Å². The summed E-state index contributed by atoms with van der Waals surface area (Å²) in [5.74, 6) is 1.72. The van der Waals surface area contributed by atoms with Crippen molar-refractivity contribution < 1.29 is 0 Å². The molecule has 0 bridgehead atoms. The van der Waals surface area contributed by atoms with Gasteiger partial charge in [0.25, 0.3) is 5.56 Å². The average molecular weight is 372 g/mol. The van der Waals surface area contributed by atoms with E-state index in [1.54, 1.807) is 35.4 Å². The van der Waals surface area contributed by atoms with Crippen LogP contribution in [0.4, 0.5) is 5.95 Å². The van der Waals surface area contributed by atoms with Crippen LogP contribution in [-0.2, 0) is 6.54 Å². The van der Waals surface area contributed by atoms with Gasteiger partial charge < -0.3 is 4.90 Å². The van der Waals surface area contributed by atoms with E-state index in [9.17, 15) is 4.79 Å². The lowest BCUT2D eigenvalue weighted by molar-refractivity contribution is 0.333. The number of aromatic nitrogens is 6. The maximum atomic E-state index is 12.2. The summed E-state index contributed by atoms with van der Waals surface area (Å²) in [6, 6.07) is 5.05. The van der Waals surface area contributed by atoms with Crippen LogP contribution in [-0.4, -0.2) is 42.6 Å². The molecular formula is C17H18ClN7O. The van der Waals surface area contributed by atoms with Crippen molar-refractivity contribution >= 4 is 17.5 Å². The van der Waals surface area contributed by atoms with E-state index in [1.165, 1.54) is 4.68 Å². The van der Waals surface area contributed by atoms with E-state index in [0.717, 1.165) is 25.9 Å². The predicted octanol–water partition coefficient (Wildman–Crippen LogP) is 1.79. The van der Waals surface area contributed by atoms with E-state index in [0.29, 0.717) is 29.3 Å². The van der Waals surface area contributed by atoms with E-state index in [2.05, 4.69) is 25.1 Å². The summed E-state index contributed by atoms with van der Waals surface area (Å²) in [7, 11) is 0. The number of nitrogens with zero attached hydrogens (tertiary/aromatic N) is 7. The van der Waals surface area contributed by atoms with Crippen molar-refractivity contribution in [3.8, 4) is 5.82 Å². The van der Waals surface area contributed by atoms with E-state index in [-0.39, 0.29) is 5.56 Å². The molecule has 0 aromatic carbocycles. The number of rotatable bonds is 4. The molecule has 134 valence electrons. The van der Waals surface area contributed by atoms with Crippen molar-refractivity contribution in [1.29, 1.82) is 0 Å². The number of halogens is 1. The molecular weight excluding hydrogens is 354 g/mol. The van der Waals surface area contributed by atoms with Gasteiger partial charge in [-0.1, -0.05) is 11.6 Å². The van der Waals surface area contributed by atoms with Gasteiger partial charge in [-0.2, -0.15) is 5.10 Å². The largest absolute Gasteiger partial charge is 0.341 e. The minimum absolute atomic E-state index is 0.0932. The molecule has 0 saturated carbocycles. The Morgan fingerprint density at radius 3 is 2.62 bits per heavy atom. The molecule has 0 radical (unpaired) electrons. The molecule has 1 aliphatic heterocycles. The minimum Gasteiger partial charge on any atom is -0.341 e. The first-order valence-corrected chi connectivity index (χ1v) is 8.87. The van der Waals surface area contributed by atoms with Crippen molar-refractivity contribution in [3.05, 3.63) is 58.4 Å². The van der Waals surface area contributed by atoms with Crippen LogP contribution in [0.1, 0.15) is 12.8 Å². The molecule has 1 fully saturated rings. The van der Waals surface area contributed by atoms with Gasteiger partial charge >= 0.3 is 0 Å². The molecule has 8 nitrogen and oxygen atoms in total. The van der Waals surface area contributed by atoms with Crippen molar-refractivity contribution in [2.75, 3.05) is 18.0 Å². The zero-order valence-corrected chi connectivity index (χ0v) is 14.8. The Bertz CT molecular complexity index is 915. The van der Waals surface area contributed by atoms with Crippen LogP contribution < -0.4 is 10.5 Å². The zero-order valence-electron chi connectivity index (χ0n) is 14.1. The van der Waals surface area contributed by atoms with Crippen molar-refractivity contribution in [1.82, 2.24) is 29.5 Å². The third-order valence-corrected chi connectivity index (χ3v) is 4.72. The first-order chi connectivity index (χ1) is 12.7. The Kier molecular flexibility index (Phi) is 4.66. The third kappa shape index (κ3) is 3.60. The van der Waals surface area contributed by atoms with Crippen LogP contribution >= 0.6 is 11.6 Å². The second-order valence-corrected chi connectivity index (χ2v) is 6.73. The highest BCUT2D eigenvalue weighted by molar-refractivity contribution is 6.30. The third-order valence-electron chi connectivity index (χ3n) is 4.53. The molecule has 26 heavy (non-hydrogen) atoms. The van der Waals surface area contributed by atoms with Crippen molar-refractivity contribution in [2.24, 2.45) is 5.92 Å². The van der Waals surface area contributed by atoms with Gasteiger partial charge in [-0.05, 0) is 30.9 Å². The normalized spacial score (nSPS) is 15.3. The summed E-state index contributed by atoms with van der Waals surface area (Å²) in [5.41, 5.74) is -0.0932. The molecule has 0 unspecified atom stereocenters. The average Bonchev–Trinajstić information content (AvgIpc) is 3.20. The maximum Gasteiger partial charge on any atom is 0.266 e. The smallest absolute Gasteiger partial charge is 0.266 e. The molecule has 4 rings (SSSR count). The van der Waals surface area contributed by atoms with Crippen LogP contribution in [0.5, 0.6) is 0 Å². The standard InChI is InChI=1S/C17H18ClN7O/c18-14-10-19-17(20-11-14)23-8-4-13(5-9-23)12-25-16(26)3-2-15(22-25)24-7-1-6-21-24/h1-3,6-7,10-11,13H,4-5,8-9,12H2. The van der Waals surface area contributed by atoms with Crippen LogP contribution in [0.2, 0.25) is 5.02 Å². The molecule has 3 aromatic rings. The summed E-state index contributed by atoms with van der Waals surface area (Å²) in [6.07, 6.45) is 8.62. The quantitative estimate of drug-likeness (QED) is 0.695. The summed E-state index contributed by atoms with van der Waals surface area (Å²) in [5, 5.41) is 9.14. The Hall–Kier alpha value is -2.74. The fourth-order valence-electron chi connectivity index (χ4n) is 3.12. The number of piperidine rings is 1. The second-order valence-electron chi connectivity index (χ2n) is 6.29. The first kappa shape index (κ1) is 16.7. The fraction of sp³-hybridized carbons (Fsp3) is 0.353. The monoisotopic (exact) mass is 371 g/mol. The number of hydrogen-bond acceptors (Lipinski definition) is 6. The van der Waals surface area contributed by atoms with Crippen LogP contribution in [0.15, 0.2) is 47.8 Å². The summed E-state index contributed by atoms with van der Waals surface area (Å²) in [4.78, 5) is 22.8. The zero-order chi connectivity index (χ0) is 17.9. The van der Waals surface area contributed by atoms with E-state index in [1.807, 2.05) is 12.3 Å². The highest BCUT2D eigenvalue weighted by atomic mass is 35.5. The minimum atomic E-state index is -0.0932. The summed E-state index contributed by atoms with van der Waals surface area (Å²) in [6.45, 7) is 2.29. The molecule has 1 aliphatic rings. The molecule has 0 spiro atoms. The van der Waals surface area contributed by atoms with Gasteiger partial charge in [-0.15, -0.1) is 5.10 Å².